The van der Waals surface area contributed by atoms with E-state index in [-0.39, 0.29) is 16.4 Å². The summed E-state index contributed by atoms with van der Waals surface area (Å²) in [7, 11) is 0. The minimum Gasteiger partial charge on any atom is -0.351 e. The van der Waals surface area contributed by atoms with Crippen molar-refractivity contribution in [3.8, 4) is 12.3 Å². The van der Waals surface area contributed by atoms with Gasteiger partial charge >= 0.3 is 0 Å². The summed E-state index contributed by atoms with van der Waals surface area (Å²) in [4.78, 5) is 25.5. The molecule has 1 N–H and O–H groups in total. The van der Waals surface area contributed by atoms with Crippen LogP contribution in [0.25, 0.3) is 0 Å². The Bertz CT molecular complexity index is 530. The van der Waals surface area contributed by atoms with E-state index in [1.54, 1.807) is 0 Å². The Morgan fingerprint density at radius 1 is 1.68 bits per heavy atom. The van der Waals surface area contributed by atoms with Crippen LogP contribution in [0.1, 0.15) is 10.4 Å². The molecule has 0 spiro atoms. The summed E-state index contributed by atoms with van der Waals surface area (Å²) in [6, 6.07) is 1.17. The highest BCUT2D eigenvalue weighted by atomic mass is 35.5. The average molecular weight is 300 g/mol. The first-order valence-electron chi connectivity index (χ1n) is 5.15. The van der Waals surface area contributed by atoms with Crippen molar-refractivity contribution in [2.45, 2.75) is 0 Å². The number of hydrogen-bond acceptors (Lipinski definition) is 5. The molecular formula is C11H10ClN3O3S. The minimum atomic E-state index is -0.675. The van der Waals surface area contributed by atoms with Gasteiger partial charge in [-0.2, -0.15) is 0 Å². The fraction of sp³-hybridized carbons (Fsp3) is 0.273. The number of rotatable bonds is 6. The number of thioether (sulfide) groups is 1. The van der Waals surface area contributed by atoms with Gasteiger partial charge in [0, 0.05) is 12.3 Å². The quantitative estimate of drug-likeness (QED) is 0.284. The molecule has 0 atom stereocenters. The third-order valence-electron chi connectivity index (χ3n) is 2.01. The number of nitrogens with one attached hydrogen (secondary N) is 1. The van der Waals surface area contributed by atoms with E-state index < -0.39 is 10.8 Å². The predicted octanol–water partition coefficient (Wildman–Crippen LogP) is 1.74. The van der Waals surface area contributed by atoms with Crippen molar-refractivity contribution in [3.63, 3.8) is 0 Å². The molecule has 0 fully saturated rings. The lowest BCUT2D eigenvalue weighted by atomic mass is 10.2. The minimum absolute atomic E-state index is 0.0254. The van der Waals surface area contributed by atoms with E-state index in [4.69, 9.17) is 18.0 Å². The van der Waals surface area contributed by atoms with Crippen LogP contribution in [0.15, 0.2) is 12.3 Å². The first-order chi connectivity index (χ1) is 9.06. The summed E-state index contributed by atoms with van der Waals surface area (Å²) >= 11 is 7.11. The molecule has 0 saturated heterocycles. The molecule has 100 valence electrons. The van der Waals surface area contributed by atoms with Gasteiger partial charge < -0.3 is 5.32 Å². The lowest BCUT2D eigenvalue weighted by molar-refractivity contribution is -0.385. The van der Waals surface area contributed by atoms with Gasteiger partial charge in [-0.1, -0.05) is 17.5 Å². The highest BCUT2D eigenvalue weighted by Gasteiger charge is 2.20. The smallest absolute Gasteiger partial charge is 0.300 e. The van der Waals surface area contributed by atoms with Gasteiger partial charge in [-0.15, -0.1) is 18.2 Å². The van der Waals surface area contributed by atoms with Gasteiger partial charge in [0.15, 0.2) is 0 Å². The standard InChI is InChI=1S/C11H10ClN3O3S/c1-2-4-19-5-3-13-11(16)8-6-10(12)14-7-9(8)15(17)18/h1,6-7H,3-5H2,(H,13,16). The van der Waals surface area contributed by atoms with Crippen molar-refractivity contribution in [2.24, 2.45) is 0 Å². The molecule has 0 aliphatic carbocycles. The van der Waals surface area contributed by atoms with E-state index >= 15 is 0 Å². The molecule has 0 aliphatic heterocycles. The second kappa shape index (κ2) is 7.61. The van der Waals surface area contributed by atoms with Gasteiger partial charge in [0.1, 0.15) is 16.9 Å². The maximum absolute atomic E-state index is 11.8. The van der Waals surface area contributed by atoms with Gasteiger partial charge in [0.2, 0.25) is 0 Å². The number of amides is 1. The molecule has 0 aromatic carbocycles. The van der Waals surface area contributed by atoms with Gasteiger partial charge in [0.05, 0.1) is 10.7 Å². The number of nitrogens with zero attached hydrogens (tertiary/aromatic N) is 2. The third-order valence-corrected chi connectivity index (χ3v) is 3.08. The number of halogens is 1. The van der Waals surface area contributed by atoms with E-state index in [0.29, 0.717) is 18.1 Å². The zero-order valence-corrected chi connectivity index (χ0v) is 11.3. The number of carbonyl (C=O) groups excluding carboxylic acids is 1. The van der Waals surface area contributed by atoms with Crippen molar-refractivity contribution in [1.29, 1.82) is 0 Å². The number of carbonyl (C=O) groups is 1. The summed E-state index contributed by atoms with van der Waals surface area (Å²) in [6.45, 7) is 0.363. The highest BCUT2D eigenvalue weighted by Crippen LogP contribution is 2.20. The Hall–Kier alpha value is -1.78. The second-order valence-corrected chi connectivity index (χ2v) is 4.79. The Labute approximate surface area is 119 Å². The van der Waals surface area contributed by atoms with E-state index in [9.17, 15) is 14.9 Å². The molecule has 0 aliphatic rings. The fourth-order valence-corrected chi connectivity index (χ4v) is 1.88. The number of nitro groups is 1. The maximum Gasteiger partial charge on any atom is 0.300 e. The Balaban J connectivity index is 2.68. The zero-order chi connectivity index (χ0) is 14.3. The fourth-order valence-electron chi connectivity index (χ4n) is 1.21. The zero-order valence-electron chi connectivity index (χ0n) is 9.76. The maximum atomic E-state index is 11.8. The van der Waals surface area contributed by atoms with Gasteiger partial charge in [-0.05, 0) is 6.07 Å². The van der Waals surface area contributed by atoms with Crippen molar-refractivity contribution in [2.75, 3.05) is 18.1 Å². The molecule has 6 nitrogen and oxygen atoms in total. The van der Waals surface area contributed by atoms with Crippen LogP contribution in [0.2, 0.25) is 5.15 Å². The molecular weight excluding hydrogens is 290 g/mol. The molecule has 1 rings (SSSR count). The van der Waals surface area contributed by atoms with Crippen LogP contribution in [0.3, 0.4) is 0 Å². The molecule has 0 unspecified atom stereocenters. The van der Waals surface area contributed by atoms with Crippen LogP contribution in [0.5, 0.6) is 0 Å². The summed E-state index contributed by atoms with van der Waals surface area (Å²) in [6.07, 6.45) is 6.04. The third kappa shape index (κ3) is 4.77. The van der Waals surface area contributed by atoms with E-state index in [0.717, 1.165) is 6.20 Å². The monoisotopic (exact) mass is 299 g/mol. The lowest BCUT2D eigenvalue weighted by Crippen LogP contribution is -2.26. The summed E-state index contributed by atoms with van der Waals surface area (Å²) < 4.78 is 0. The highest BCUT2D eigenvalue weighted by molar-refractivity contribution is 7.99. The molecule has 1 aromatic heterocycles. The summed E-state index contributed by atoms with van der Waals surface area (Å²) in [5, 5.41) is 13.4. The number of hydrogen-bond donors (Lipinski definition) is 1. The van der Waals surface area contributed by atoms with Gasteiger partial charge in [-0.25, -0.2) is 4.98 Å². The van der Waals surface area contributed by atoms with Crippen LogP contribution >= 0.6 is 23.4 Å². The Kier molecular flexibility index (Phi) is 6.12. The van der Waals surface area contributed by atoms with Crippen molar-refractivity contribution in [3.05, 3.63) is 33.1 Å². The molecule has 1 heterocycles. The molecule has 0 bridgehead atoms. The Morgan fingerprint density at radius 2 is 2.42 bits per heavy atom. The molecule has 1 amide bonds. The molecule has 8 heteroatoms. The first kappa shape index (κ1) is 15.3. The predicted molar refractivity (Wildman–Crippen MR) is 74.4 cm³/mol. The number of terminal acetylenes is 1. The first-order valence-corrected chi connectivity index (χ1v) is 6.69. The summed E-state index contributed by atoms with van der Waals surface area (Å²) in [5.74, 6) is 3.08. The molecule has 19 heavy (non-hydrogen) atoms. The van der Waals surface area contributed by atoms with Crippen LogP contribution in [-0.4, -0.2) is 33.9 Å². The molecule has 0 radical (unpaired) electrons. The van der Waals surface area contributed by atoms with E-state index in [2.05, 4.69) is 16.2 Å². The van der Waals surface area contributed by atoms with Crippen LogP contribution in [0, 0.1) is 22.5 Å². The van der Waals surface area contributed by atoms with Gasteiger partial charge in [0.25, 0.3) is 11.6 Å². The summed E-state index contributed by atoms with van der Waals surface area (Å²) in [5.41, 5.74) is -0.481. The molecule has 1 aromatic rings. The van der Waals surface area contributed by atoms with Crippen molar-refractivity contribution >= 4 is 35.0 Å². The van der Waals surface area contributed by atoms with Gasteiger partial charge in [-0.3, -0.25) is 14.9 Å². The number of aromatic nitrogens is 1. The molecule has 0 saturated carbocycles. The van der Waals surface area contributed by atoms with Crippen molar-refractivity contribution in [1.82, 2.24) is 10.3 Å². The topological polar surface area (TPSA) is 85.1 Å². The van der Waals surface area contributed by atoms with E-state index in [1.807, 2.05) is 0 Å². The van der Waals surface area contributed by atoms with Crippen molar-refractivity contribution < 1.29 is 9.72 Å². The lowest BCUT2D eigenvalue weighted by Gasteiger charge is -2.05. The normalized spacial score (nSPS) is 9.68. The Morgan fingerprint density at radius 3 is 3.05 bits per heavy atom. The van der Waals surface area contributed by atoms with Crippen LogP contribution in [-0.2, 0) is 0 Å². The second-order valence-electron chi connectivity index (χ2n) is 3.29. The van der Waals surface area contributed by atoms with Crippen LogP contribution in [0.4, 0.5) is 5.69 Å². The van der Waals surface area contributed by atoms with E-state index in [1.165, 1.54) is 17.8 Å². The number of pyridine rings is 1. The van der Waals surface area contributed by atoms with Crippen LogP contribution < -0.4 is 5.32 Å². The SMILES string of the molecule is C#CCSCCNC(=O)c1cc(Cl)ncc1[N+](=O)[O-]. The largest absolute Gasteiger partial charge is 0.351 e. The average Bonchev–Trinajstić information content (AvgIpc) is 2.37.